The van der Waals surface area contributed by atoms with Crippen LogP contribution in [0.5, 0.6) is 0 Å². The maximum atomic E-state index is 15.4. The molecule has 1 aromatic rings. The van der Waals surface area contributed by atoms with Crippen LogP contribution in [0.15, 0.2) is 24.3 Å². The monoisotopic (exact) mass is 1970 g/mol. The summed E-state index contributed by atoms with van der Waals surface area (Å²) in [5.74, 6) is -21.5. The zero-order chi connectivity index (χ0) is 101. The van der Waals surface area contributed by atoms with E-state index in [0.29, 0.717) is 0 Å². The summed E-state index contributed by atoms with van der Waals surface area (Å²) in [5, 5.41) is 91.0. The normalized spacial score (nSPS) is 23.1. The van der Waals surface area contributed by atoms with Crippen molar-refractivity contribution in [3.8, 4) is 0 Å². The lowest BCUT2D eigenvalue weighted by atomic mass is 10.0. The van der Waals surface area contributed by atoms with Crippen LogP contribution >= 0.6 is 35.3 Å². The van der Waals surface area contributed by atoms with E-state index >= 15 is 33.6 Å². The van der Waals surface area contributed by atoms with Crippen LogP contribution in [0.1, 0.15) is 155 Å². The predicted octanol–water partition coefficient (Wildman–Crippen LogP) is -7.45. The van der Waals surface area contributed by atoms with Crippen LogP contribution in [-0.2, 0) is 87.9 Å². The van der Waals surface area contributed by atoms with Gasteiger partial charge in [-0.25, -0.2) is 9.18 Å². The number of carboxylic acids is 1. The highest BCUT2D eigenvalue weighted by Crippen LogP contribution is 2.24. The van der Waals surface area contributed by atoms with Crippen molar-refractivity contribution in [1.29, 1.82) is 27.0 Å². The second-order valence-electron chi connectivity index (χ2n) is 34.0. The van der Waals surface area contributed by atoms with Crippen LogP contribution in [-0.4, -0.2) is 327 Å². The number of aliphatic carboxylic acids is 1. The molecule has 0 unspecified atom stereocenters. The van der Waals surface area contributed by atoms with Gasteiger partial charge < -0.3 is 150 Å². The van der Waals surface area contributed by atoms with Gasteiger partial charge in [-0.2, -0.15) is 35.3 Å². The molecule has 0 spiro atoms. The average Bonchev–Trinajstić information content (AvgIpc) is 1.76. The number of rotatable bonds is 34. The second kappa shape index (κ2) is 59.4. The molecule has 4 fully saturated rings. The molecule has 4 saturated heterocycles. The summed E-state index contributed by atoms with van der Waals surface area (Å²) in [5.41, 5.74) is 40.1. The molecule has 5 rings (SSSR count). The fourth-order valence-corrected chi connectivity index (χ4v) is 17.6. The zero-order valence-corrected chi connectivity index (χ0v) is 79.5. The number of carboxylic acid groups (broad SMARTS) is 1. The molecule has 0 aliphatic carbocycles. The van der Waals surface area contributed by atoms with Crippen LogP contribution in [0.3, 0.4) is 0 Å². The number of primary amides is 1. The smallest absolute Gasteiger partial charge is 0.326 e. The number of nitrogens with two attached hydrogens (primary N) is 7. The number of benzene rings is 1. The molecule has 0 aromatic heterocycles. The number of fused-ring (bicyclic) bond motifs is 8. The lowest BCUT2D eigenvalue weighted by Gasteiger charge is -2.42. The first-order valence-corrected chi connectivity index (χ1v) is 48.5. The Hall–Kier alpha value is -12.5. The lowest BCUT2D eigenvalue weighted by Crippen LogP contribution is -2.61. The number of nitrogens with one attached hydrogen (secondary N) is 21. The van der Waals surface area contributed by atoms with Gasteiger partial charge in [0.25, 0.3) is 0 Å². The number of nitrogens with zero attached hydrogens (tertiary/aromatic N) is 4. The van der Waals surface area contributed by atoms with Crippen molar-refractivity contribution < 1.29 is 91.0 Å². The van der Waals surface area contributed by atoms with Gasteiger partial charge in [0.15, 0.2) is 29.8 Å². The molecule has 0 radical (unpaired) electrons. The molecule has 1 aromatic carbocycles. The van der Waals surface area contributed by atoms with Gasteiger partial charge in [-0.3, -0.25) is 104 Å². The number of amides is 16. The summed E-state index contributed by atoms with van der Waals surface area (Å²) in [7, 11) is 0. The third kappa shape index (κ3) is 42.2. The van der Waals surface area contributed by atoms with Crippen LogP contribution < -0.4 is 125 Å². The maximum absolute atomic E-state index is 15.4. The van der Waals surface area contributed by atoms with E-state index in [1.54, 1.807) is 27.7 Å². The average molecular weight is 1970 g/mol. The summed E-state index contributed by atoms with van der Waals surface area (Å²) in [6.45, 7) is 5.43. The number of halogens is 1. The largest absolute Gasteiger partial charge is 0.480 e. The van der Waals surface area contributed by atoms with Crippen LogP contribution in [0.25, 0.3) is 0 Å². The molecule has 136 heavy (non-hydrogen) atoms. The van der Waals surface area contributed by atoms with Crippen molar-refractivity contribution >= 4 is 166 Å². The predicted molar refractivity (Wildman–Crippen MR) is 506 cm³/mol. The summed E-state index contributed by atoms with van der Waals surface area (Å²) in [6, 6.07) is -15.6. The SMILES string of the molecule is CC(C)C[C@@H]1NC(=O)[C@H](CCC(N)=O)NC(=O)[C@H](CCCNC(=N)N)NC(=O)[C@@H]2CSCCC(=O)N3CN(CN(C3)C(=O)CCSC[C@H](NC(=O)[C@@H](N)CCCNC(=N)N)C(=O)N[C@@H](Cc3ccc(F)cc3)C(=O)N[C@@H](CCCNC(=N)N)C(=O)N[C@@H](CC(C)C)C(=O)N3CCC[C@H]3C(=O)N2)C(=O)CCSC[C@@H](C(=O)N[C@@H](CCCNC(=N)N)C(=O)O)NC(=O)[C@H](CCCNC(=N)N)NC1=O. The van der Waals surface area contributed by atoms with Gasteiger partial charge in [0.05, 0.1) is 26.0 Å². The van der Waals surface area contributed by atoms with Crippen molar-refractivity contribution in [2.75, 3.05) is 93.8 Å². The number of hydrogen-bond donors (Lipinski definition) is 29. The highest BCUT2D eigenvalue weighted by molar-refractivity contribution is 7.99. The number of carbonyl (C=O) groups is 17. The first kappa shape index (κ1) is 114. The lowest BCUT2D eigenvalue weighted by molar-refractivity contribution is -0.158. The van der Waals surface area contributed by atoms with Crippen LogP contribution in [0.2, 0.25) is 0 Å². The Morgan fingerprint density at radius 1 is 0.478 bits per heavy atom. The number of carbonyl (C=O) groups excluding carboxylic acids is 16. The fourth-order valence-electron chi connectivity index (χ4n) is 14.7. The van der Waals surface area contributed by atoms with Crippen molar-refractivity contribution in [2.24, 2.45) is 52.0 Å². The molecule has 54 heteroatoms. The van der Waals surface area contributed by atoms with E-state index in [1.165, 1.54) is 31.7 Å². The third-order valence-corrected chi connectivity index (χ3v) is 25.0. The Morgan fingerprint density at radius 2 is 0.875 bits per heavy atom. The first-order chi connectivity index (χ1) is 64.4. The molecule has 13 atom stereocenters. The molecule has 0 saturated carbocycles. The first-order valence-electron chi connectivity index (χ1n) is 45.0. The number of hydrogen-bond acceptors (Lipinski definition) is 26. The van der Waals surface area contributed by atoms with Crippen molar-refractivity contribution in [3.05, 3.63) is 35.6 Å². The van der Waals surface area contributed by atoms with E-state index in [0.717, 1.165) is 47.4 Å². The summed E-state index contributed by atoms with van der Waals surface area (Å²) < 4.78 is 14.6. The molecule has 36 N–H and O–H groups in total. The van der Waals surface area contributed by atoms with Gasteiger partial charge in [-0.15, -0.1) is 0 Å². The summed E-state index contributed by atoms with van der Waals surface area (Å²) in [6.07, 6.45) is -3.51. The standard InChI is InChI=1S/C82H137FN32O18S3/c1-44(2)35-54-70(125)101-51(14-8-29-99-81(92)93)68(123)110-58(73(128)105-53(77(132)133)15-9-30-100-82(94)95)39-135-33-24-63(118)113-41-112-42-114(43-113)64(119)25-34-136-40-59(72(127)103-49(12-6-27-97-79(88)89)66(121)104-52(69(124)106-54)21-22-61(85)116)111-75(130)60-16-10-31-115(60)76(131)56(36-45(3)4)108-67(122)50(13-7-28-98-80(90)91)102-71(126)55(37-46-17-19-47(83)20-18-46)107-74(129)57(38-134-32-23-62(112)117)109-65(120)48(84)11-5-26-96-78(86)87/h17-20,44-45,48-60H,5-16,21-43,84H2,1-4H3,(H2,85,116)(H,101,125)(H,102,126)(H,103,127)(H,104,121)(H,105,128)(H,106,124)(H,107,129)(H,108,122)(H,109,120)(H,110,123)(H,111,130)(H,132,133)(H4,86,87,96)(H4,88,89,97)(H4,90,91,98)(H4,92,93,99)(H4,94,95,100)/t48-,49-,50-,51-,52-,53-,54-,55-,56-,57-,58-,59-,60-/m0/s1. The second-order valence-corrected chi connectivity index (χ2v) is 37.5. The molecule has 758 valence electrons. The topological polar surface area (TPSA) is 817 Å². The number of thioether (sulfide) groups is 3. The molecule has 4 aliphatic heterocycles. The molecular weight excluding hydrogens is 1840 g/mol. The van der Waals surface area contributed by atoms with Crippen molar-refractivity contribution in [3.63, 3.8) is 0 Å². The van der Waals surface area contributed by atoms with E-state index in [9.17, 15) is 57.4 Å². The van der Waals surface area contributed by atoms with E-state index in [4.69, 9.17) is 67.2 Å². The van der Waals surface area contributed by atoms with Crippen LogP contribution in [0.4, 0.5) is 4.39 Å². The van der Waals surface area contributed by atoms with Gasteiger partial charge in [0.1, 0.15) is 78.3 Å². The van der Waals surface area contributed by atoms with E-state index in [2.05, 4.69) is 85.1 Å². The molecule has 16 amide bonds. The zero-order valence-electron chi connectivity index (χ0n) is 77.0. The van der Waals surface area contributed by atoms with Gasteiger partial charge in [0.2, 0.25) is 94.5 Å². The summed E-state index contributed by atoms with van der Waals surface area (Å²) in [4.78, 5) is 255. The minimum Gasteiger partial charge on any atom is -0.480 e. The molecule has 4 heterocycles. The van der Waals surface area contributed by atoms with Gasteiger partial charge in [-0.1, -0.05) is 39.8 Å². The highest BCUT2D eigenvalue weighted by atomic mass is 32.2. The minimum atomic E-state index is -1.76. The molecule has 4 bridgehead atoms. The third-order valence-electron chi connectivity index (χ3n) is 21.8. The molecule has 4 aliphatic rings. The Balaban J connectivity index is 1.76. The van der Waals surface area contributed by atoms with Crippen molar-refractivity contribution in [2.45, 2.75) is 235 Å². The van der Waals surface area contributed by atoms with Gasteiger partial charge in [0, 0.05) is 106 Å². The Bertz CT molecular complexity index is 4340. The van der Waals surface area contributed by atoms with Gasteiger partial charge >= 0.3 is 5.97 Å². The number of guanidine groups is 5. The van der Waals surface area contributed by atoms with Gasteiger partial charge in [-0.05, 0) is 126 Å². The Labute approximate surface area is 800 Å². The maximum Gasteiger partial charge on any atom is 0.326 e. The fraction of sp³-hybridized carbons (Fsp3) is 0.659. The molecule has 50 nitrogen and oxygen atoms in total. The molecular formula is C82H137FN32O18S3. The van der Waals surface area contributed by atoms with Crippen molar-refractivity contribution in [1.82, 2.24) is 105 Å². The van der Waals surface area contributed by atoms with E-state index in [1.807, 2.05) is 0 Å². The quantitative estimate of drug-likeness (QED) is 0.0173. The summed E-state index contributed by atoms with van der Waals surface area (Å²) >= 11 is 2.83. The minimum absolute atomic E-state index is 0.00170. The van der Waals surface area contributed by atoms with E-state index in [-0.39, 0.29) is 182 Å². The van der Waals surface area contributed by atoms with Crippen LogP contribution in [0, 0.1) is 44.7 Å². The Kier molecular flexibility index (Phi) is 49.8. The Morgan fingerprint density at radius 3 is 1.34 bits per heavy atom. The van der Waals surface area contributed by atoms with E-state index < -0.39 is 272 Å². The highest BCUT2D eigenvalue weighted by Gasteiger charge is 2.43.